The van der Waals surface area contributed by atoms with Crippen LogP contribution in [0.5, 0.6) is 0 Å². The molecule has 21 heavy (non-hydrogen) atoms. The molecule has 6 nitrogen and oxygen atoms in total. The first-order chi connectivity index (χ1) is 9.81. The van der Waals surface area contributed by atoms with Crippen LogP contribution in [0.25, 0.3) is 0 Å². The number of nitrogens with zero attached hydrogens (tertiary/aromatic N) is 1. The molecule has 0 radical (unpaired) electrons. The van der Waals surface area contributed by atoms with Gasteiger partial charge in [-0.1, -0.05) is 29.3 Å². The minimum Gasteiger partial charge on any atom is -0.478 e. The molecule has 1 aromatic carbocycles. The van der Waals surface area contributed by atoms with Crippen LogP contribution in [0.15, 0.2) is 41.4 Å². The molecule has 0 amide bonds. The van der Waals surface area contributed by atoms with Gasteiger partial charge in [-0.15, -0.1) is 0 Å². The highest BCUT2D eigenvalue weighted by molar-refractivity contribution is 7.93. The summed E-state index contributed by atoms with van der Waals surface area (Å²) in [5.74, 6) is -1.35. The van der Waals surface area contributed by atoms with Crippen LogP contribution < -0.4 is 4.72 Å². The number of carbonyl (C=O) groups is 1. The van der Waals surface area contributed by atoms with E-state index in [1.54, 1.807) is 0 Å². The molecule has 0 atom stereocenters. The maximum Gasteiger partial charge on any atom is 0.335 e. The van der Waals surface area contributed by atoms with Crippen molar-refractivity contribution in [3.05, 3.63) is 52.1 Å². The number of hydrogen-bond donors (Lipinski definition) is 2. The third-order valence-electron chi connectivity index (χ3n) is 2.43. The number of halogens is 2. The second-order valence-corrected chi connectivity index (χ2v) is 6.32. The number of carboxylic acids is 1. The molecule has 2 rings (SSSR count). The van der Waals surface area contributed by atoms with Crippen molar-refractivity contribution in [2.75, 3.05) is 4.72 Å². The van der Waals surface area contributed by atoms with Crippen LogP contribution in [0.2, 0.25) is 10.0 Å². The molecule has 0 aliphatic carbocycles. The molecule has 0 spiro atoms. The molecule has 9 heteroatoms. The van der Waals surface area contributed by atoms with Gasteiger partial charge in [-0.3, -0.25) is 4.72 Å². The predicted molar refractivity (Wildman–Crippen MR) is 78.5 cm³/mol. The van der Waals surface area contributed by atoms with E-state index >= 15 is 0 Å². The average molecular weight is 347 g/mol. The first kappa shape index (κ1) is 15.6. The number of aromatic nitrogens is 1. The van der Waals surface area contributed by atoms with Crippen molar-refractivity contribution in [1.82, 2.24) is 4.98 Å². The second kappa shape index (κ2) is 5.88. The lowest BCUT2D eigenvalue weighted by atomic mass is 10.3. The zero-order chi connectivity index (χ0) is 15.6. The van der Waals surface area contributed by atoms with Gasteiger partial charge in [0.25, 0.3) is 10.0 Å². The first-order valence-electron chi connectivity index (χ1n) is 5.47. The quantitative estimate of drug-likeness (QED) is 0.887. The lowest BCUT2D eigenvalue weighted by Crippen LogP contribution is -2.15. The monoisotopic (exact) mass is 346 g/mol. The molecule has 0 saturated carbocycles. The van der Waals surface area contributed by atoms with E-state index in [9.17, 15) is 13.2 Å². The van der Waals surface area contributed by atoms with Crippen LogP contribution in [0.1, 0.15) is 10.4 Å². The second-order valence-electron chi connectivity index (χ2n) is 3.89. The van der Waals surface area contributed by atoms with Crippen LogP contribution in [-0.4, -0.2) is 24.5 Å². The Bertz CT molecular complexity index is 788. The standard InChI is InChI=1S/C12H8Cl2N2O4S/c13-8-2-1-3-9(14)11(8)21(19,20)16-10-6-7(12(17)18)4-5-15-10/h1-6H,(H,15,16)(H,17,18). The van der Waals surface area contributed by atoms with Gasteiger partial charge in [0.05, 0.1) is 15.6 Å². The van der Waals surface area contributed by atoms with Crippen molar-refractivity contribution in [2.45, 2.75) is 4.90 Å². The van der Waals surface area contributed by atoms with Gasteiger partial charge in [0.15, 0.2) is 0 Å². The number of aromatic carboxylic acids is 1. The summed E-state index contributed by atoms with van der Waals surface area (Å²) in [5, 5.41) is 8.76. The summed E-state index contributed by atoms with van der Waals surface area (Å²) >= 11 is 11.7. The summed E-state index contributed by atoms with van der Waals surface area (Å²) in [6, 6.07) is 6.59. The zero-order valence-electron chi connectivity index (χ0n) is 10.2. The molecule has 2 N–H and O–H groups in total. The topological polar surface area (TPSA) is 96.4 Å². The van der Waals surface area contributed by atoms with Crippen molar-refractivity contribution in [3.8, 4) is 0 Å². The molecule has 0 fully saturated rings. The molecule has 0 unspecified atom stereocenters. The molecule has 1 aromatic heterocycles. The van der Waals surface area contributed by atoms with Crippen LogP contribution in [0, 0.1) is 0 Å². The summed E-state index contributed by atoms with van der Waals surface area (Å²) < 4.78 is 26.7. The molecule has 2 aromatic rings. The molecule has 0 bridgehead atoms. The molecular weight excluding hydrogens is 339 g/mol. The molecule has 0 saturated heterocycles. The van der Waals surface area contributed by atoms with Gasteiger partial charge >= 0.3 is 5.97 Å². The zero-order valence-corrected chi connectivity index (χ0v) is 12.6. The van der Waals surface area contributed by atoms with E-state index in [0.29, 0.717) is 0 Å². The van der Waals surface area contributed by atoms with Gasteiger partial charge in [-0.2, -0.15) is 0 Å². The van der Waals surface area contributed by atoms with Crippen LogP contribution in [-0.2, 0) is 10.0 Å². The molecule has 0 aliphatic rings. The van der Waals surface area contributed by atoms with Gasteiger partial charge in [-0.25, -0.2) is 18.2 Å². The Labute approximate surface area is 130 Å². The van der Waals surface area contributed by atoms with E-state index in [1.165, 1.54) is 30.5 Å². The summed E-state index contributed by atoms with van der Waals surface area (Å²) in [6.45, 7) is 0. The number of sulfonamides is 1. The molecular formula is C12H8Cl2N2O4S. The van der Waals surface area contributed by atoms with E-state index in [-0.39, 0.29) is 26.3 Å². The number of rotatable bonds is 4. The van der Waals surface area contributed by atoms with Crippen molar-refractivity contribution in [3.63, 3.8) is 0 Å². The number of benzene rings is 1. The van der Waals surface area contributed by atoms with Crippen LogP contribution >= 0.6 is 23.2 Å². The smallest absolute Gasteiger partial charge is 0.335 e. The summed E-state index contributed by atoms with van der Waals surface area (Å²) in [5.41, 5.74) is -0.104. The number of hydrogen-bond acceptors (Lipinski definition) is 4. The number of nitrogens with one attached hydrogen (secondary N) is 1. The van der Waals surface area contributed by atoms with Gasteiger partial charge in [-0.05, 0) is 24.3 Å². The van der Waals surface area contributed by atoms with E-state index in [2.05, 4.69) is 9.71 Å². The Morgan fingerprint density at radius 3 is 2.38 bits per heavy atom. The Morgan fingerprint density at radius 2 is 1.81 bits per heavy atom. The highest BCUT2D eigenvalue weighted by Crippen LogP contribution is 2.30. The van der Waals surface area contributed by atoms with Gasteiger partial charge in [0, 0.05) is 6.20 Å². The minimum absolute atomic E-state index is 0.0515. The van der Waals surface area contributed by atoms with Crippen molar-refractivity contribution in [1.29, 1.82) is 0 Å². The minimum atomic E-state index is -4.09. The summed E-state index contributed by atoms with van der Waals surface area (Å²) in [4.78, 5) is 14.3. The average Bonchev–Trinajstić information content (AvgIpc) is 2.37. The third-order valence-corrected chi connectivity index (χ3v) is 4.74. The highest BCUT2D eigenvalue weighted by Gasteiger charge is 2.22. The van der Waals surface area contributed by atoms with Crippen molar-refractivity contribution < 1.29 is 18.3 Å². The van der Waals surface area contributed by atoms with Crippen molar-refractivity contribution >= 4 is 45.0 Å². The Hall–Kier alpha value is -1.83. The van der Waals surface area contributed by atoms with Gasteiger partial charge < -0.3 is 5.11 Å². The maximum atomic E-state index is 12.3. The van der Waals surface area contributed by atoms with E-state index < -0.39 is 16.0 Å². The number of pyridine rings is 1. The molecule has 0 aliphatic heterocycles. The Balaban J connectivity index is 2.43. The largest absolute Gasteiger partial charge is 0.478 e. The molecule has 1 heterocycles. The summed E-state index contributed by atoms with van der Waals surface area (Å²) in [6.07, 6.45) is 1.18. The van der Waals surface area contributed by atoms with E-state index in [1.807, 2.05) is 0 Å². The predicted octanol–water partition coefficient (Wildman–Crippen LogP) is 2.89. The SMILES string of the molecule is O=C(O)c1ccnc(NS(=O)(=O)c2c(Cl)cccc2Cl)c1. The highest BCUT2D eigenvalue weighted by atomic mass is 35.5. The molecule has 110 valence electrons. The van der Waals surface area contributed by atoms with Crippen LogP contribution in [0.4, 0.5) is 5.82 Å². The van der Waals surface area contributed by atoms with Crippen LogP contribution in [0.3, 0.4) is 0 Å². The lowest BCUT2D eigenvalue weighted by molar-refractivity contribution is 0.0697. The maximum absolute atomic E-state index is 12.3. The van der Waals surface area contributed by atoms with Crippen molar-refractivity contribution in [2.24, 2.45) is 0 Å². The third kappa shape index (κ3) is 3.44. The Kier molecular flexibility index (Phi) is 4.36. The summed E-state index contributed by atoms with van der Waals surface area (Å²) in [7, 11) is -4.09. The fourth-order valence-corrected chi connectivity index (χ4v) is 3.69. The lowest BCUT2D eigenvalue weighted by Gasteiger charge is -2.10. The van der Waals surface area contributed by atoms with Gasteiger partial charge in [0.1, 0.15) is 10.7 Å². The first-order valence-corrected chi connectivity index (χ1v) is 7.71. The Morgan fingerprint density at radius 1 is 1.19 bits per heavy atom. The normalized spacial score (nSPS) is 11.1. The van der Waals surface area contributed by atoms with Gasteiger partial charge in [0.2, 0.25) is 0 Å². The number of carboxylic acid groups (broad SMARTS) is 1. The van der Waals surface area contributed by atoms with E-state index in [4.69, 9.17) is 28.3 Å². The fourth-order valence-electron chi connectivity index (χ4n) is 1.55. The fraction of sp³-hybridized carbons (Fsp3) is 0. The van der Waals surface area contributed by atoms with E-state index in [0.717, 1.165) is 6.07 Å². The number of anilines is 1.